The predicted molar refractivity (Wildman–Crippen MR) is 120 cm³/mol. The van der Waals surface area contributed by atoms with Crippen molar-refractivity contribution < 1.29 is 18.3 Å². The number of rotatable bonds is 7. The molecule has 0 radical (unpaired) electrons. The van der Waals surface area contributed by atoms with Crippen LogP contribution in [0.1, 0.15) is 17.5 Å². The van der Waals surface area contributed by atoms with Crippen LogP contribution in [0.25, 0.3) is 5.70 Å². The number of carboxylic acid groups (broad SMARTS) is 1. The van der Waals surface area contributed by atoms with E-state index in [1.807, 2.05) is 30.3 Å². The Morgan fingerprint density at radius 2 is 1.87 bits per heavy atom. The summed E-state index contributed by atoms with van der Waals surface area (Å²) in [5.41, 5.74) is 1.84. The molecule has 0 bridgehead atoms. The van der Waals surface area contributed by atoms with Crippen molar-refractivity contribution >= 4 is 50.5 Å². The van der Waals surface area contributed by atoms with Crippen LogP contribution in [0, 0.1) is 5.92 Å². The number of amidine groups is 1. The molecule has 6 nitrogen and oxygen atoms in total. The molecule has 1 aliphatic heterocycles. The van der Waals surface area contributed by atoms with Crippen molar-refractivity contribution in [3.05, 3.63) is 74.6 Å². The van der Waals surface area contributed by atoms with Gasteiger partial charge in [0.15, 0.2) is 9.84 Å². The number of carboxylic acids is 1. The van der Waals surface area contributed by atoms with Crippen molar-refractivity contribution in [2.75, 3.05) is 12.8 Å². The van der Waals surface area contributed by atoms with E-state index in [-0.39, 0.29) is 17.9 Å². The highest BCUT2D eigenvalue weighted by molar-refractivity contribution is 7.94. The Labute approximate surface area is 185 Å². The average Bonchev–Trinajstić information content (AvgIpc) is 3.13. The maximum absolute atomic E-state index is 12.3. The number of nitrogens with one attached hydrogen (secondary N) is 1. The molecule has 2 aromatic rings. The van der Waals surface area contributed by atoms with Gasteiger partial charge in [0.25, 0.3) is 0 Å². The lowest BCUT2D eigenvalue weighted by molar-refractivity contribution is -0.141. The van der Waals surface area contributed by atoms with Crippen LogP contribution in [-0.2, 0) is 21.1 Å². The Hall–Kier alpha value is -2.35. The predicted octanol–water partition coefficient (Wildman–Crippen LogP) is 4.04. The summed E-state index contributed by atoms with van der Waals surface area (Å²) in [5, 5.41) is 13.2. The molecular weight excluding hydrogens is 447 g/mol. The van der Waals surface area contributed by atoms with Gasteiger partial charge < -0.3 is 10.4 Å². The van der Waals surface area contributed by atoms with Gasteiger partial charge in [-0.05, 0) is 24.1 Å². The number of hydrogen-bond acceptors (Lipinski definition) is 4. The number of carbonyl (C=O) groups is 1. The Morgan fingerprint density at radius 3 is 2.47 bits per heavy atom. The van der Waals surface area contributed by atoms with Crippen molar-refractivity contribution in [2.24, 2.45) is 10.9 Å². The van der Waals surface area contributed by atoms with Gasteiger partial charge in [0, 0.05) is 18.2 Å². The molecule has 1 atom stereocenters. The molecule has 0 saturated heterocycles. The average molecular weight is 467 g/mol. The third kappa shape index (κ3) is 5.41. The molecular formula is C21H20Cl2N2O4S. The summed E-state index contributed by atoms with van der Waals surface area (Å²) in [6.07, 6.45) is 1.52. The summed E-state index contributed by atoms with van der Waals surface area (Å²) in [6.45, 7) is 0.0260. The van der Waals surface area contributed by atoms with Crippen molar-refractivity contribution in [1.29, 1.82) is 0 Å². The maximum atomic E-state index is 12.3. The van der Waals surface area contributed by atoms with Gasteiger partial charge in [-0.25, -0.2) is 8.42 Å². The van der Waals surface area contributed by atoms with E-state index in [4.69, 9.17) is 23.2 Å². The summed E-state index contributed by atoms with van der Waals surface area (Å²) in [4.78, 5) is 16.2. The minimum Gasteiger partial charge on any atom is -0.481 e. The molecule has 2 aromatic carbocycles. The minimum absolute atomic E-state index is 0.0260. The highest BCUT2D eigenvalue weighted by Gasteiger charge is 2.28. The van der Waals surface area contributed by atoms with Crippen LogP contribution in [0.2, 0.25) is 10.0 Å². The topological polar surface area (TPSA) is 95.8 Å². The Kier molecular flexibility index (Phi) is 6.85. The largest absolute Gasteiger partial charge is 0.481 e. The van der Waals surface area contributed by atoms with Gasteiger partial charge >= 0.3 is 5.97 Å². The standard InChI is InChI=1S/C21H20Cl2N2O4S/c1-30(28,29)18-11-19(25-20(18)14-7-8-16(22)17(23)10-14)24-12-15(21(26)27)9-13-5-3-2-4-6-13/h2-8,10,15H,9,11-12H2,1H3,(H,24,25)(H,26,27). The third-order valence-corrected chi connectivity index (χ3v) is 6.69. The molecule has 0 aliphatic carbocycles. The summed E-state index contributed by atoms with van der Waals surface area (Å²) in [6, 6.07) is 14.1. The summed E-state index contributed by atoms with van der Waals surface area (Å²) in [7, 11) is -3.52. The van der Waals surface area contributed by atoms with Gasteiger partial charge in [-0.15, -0.1) is 0 Å². The Morgan fingerprint density at radius 1 is 1.17 bits per heavy atom. The van der Waals surface area contributed by atoms with Crippen LogP contribution in [0.5, 0.6) is 0 Å². The molecule has 0 amide bonds. The first-order chi connectivity index (χ1) is 14.1. The highest BCUT2D eigenvalue weighted by atomic mass is 35.5. The van der Waals surface area contributed by atoms with Crippen molar-refractivity contribution in [2.45, 2.75) is 12.8 Å². The van der Waals surface area contributed by atoms with E-state index in [1.54, 1.807) is 18.2 Å². The molecule has 0 saturated carbocycles. The van der Waals surface area contributed by atoms with Gasteiger partial charge in [0.2, 0.25) is 0 Å². The van der Waals surface area contributed by atoms with Gasteiger partial charge in [0.05, 0.1) is 33.1 Å². The van der Waals surface area contributed by atoms with E-state index in [0.29, 0.717) is 33.6 Å². The molecule has 2 N–H and O–H groups in total. The number of aliphatic carboxylic acids is 1. The second-order valence-corrected chi connectivity index (χ2v) is 9.86. The van der Waals surface area contributed by atoms with Gasteiger partial charge in [0.1, 0.15) is 5.84 Å². The molecule has 0 spiro atoms. The lowest BCUT2D eigenvalue weighted by Crippen LogP contribution is -2.22. The normalized spacial score (nSPS) is 16.6. The Bertz CT molecular complexity index is 1130. The number of aliphatic imine (C=N–C) groups is 1. The number of halogens is 2. The molecule has 30 heavy (non-hydrogen) atoms. The molecule has 0 aromatic heterocycles. The zero-order valence-corrected chi connectivity index (χ0v) is 18.4. The van der Waals surface area contributed by atoms with E-state index in [2.05, 4.69) is 10.3 Å². The molecule has 9 heteroatoms. The lowest BCUT2D eigenvalue weighted by atomic mass is 10.00. The maximum Gasteiger partial charge on any atom is 0.308 e. The first-order valence-electron chi connectivity index (χ1n) is 9.11. The zero-order chi connectivity index (χ0) is 21.9. The first kappa shape index (κ1) is 22.3. The molecule has 158 valence electrons. The fourth-order valence-electron chi connectivity index (χ4n) is 3.14. The van der Waals surface area contributed by atoms with E-state index in [1.165, 1.54) is 0 Å². The number of benzene rings is 2. The van der Waals surface area contributed by atoms with E-state index in [9.17, 15) is 18.3 Å². The quantitative estimate of drug-likeness (QED) is 0.641. The SMILES string of the molecule is CS(=O)(=O)C1=C(c2ccc(Cl)c(Cl)c2)NC(=NCC(Cc2ccccc2)C(=O)O)C1. The van der Waals surface area contributed by atoms with Crippen LogP contribution in [-0.4, -0.2) is 38.1 Å². The zero-order valence-electron chi connectivity index (χ0n) is 16.1. The minimum atomic E-state index is -3.52. The molecule has 0 fully saturated rings. The molecule has 1 unspecified atom stereocenters. The smallest absolute Gasteiger partial charge is 0.308 e. The van der Waals surface area contributed by atoms with Crippen LogP contribution in [0.4, 0.5) is 0 Å². The van der Waals surface area contributed by atoms with Crippen LogP contribution < -0.4 is 5.32 Å². The number of sulfone groups is 1. The van der Waals surface area contributed by atoms with Crippen LogP contribution in [0.15, 0.2) is 58.4 Å². The Balaban J connectivity index is 1.83. The fraction of sp³-hybridized carbons (Fsp3) is 0.238. The molecule has 1 heterocycles. The summed E-state index contributed by atoms with van der Waals surface area (Å²) in [5.74, 6) is -1.28. The van der Waals surface area contributed by atoms with E-state index < -0.39 is 21.7 Å². The summed E-state index contributed by atoms with van der Waals surface area (Å²) >= 11 is 12.0. The molecule has 3 rings (SSSR count). The fourth-order valence-corrected chi connectivity index (χ4v) is 4.38. The van der Waals surface area contributed by atoms with E-state index in [0.717, 1.165) is 11.8 Å². The van der Waals surface area contributed by atoms with Crippen molar-refractivity contribution in [3.8, 4) is 0 Å². The molecule has 1 aliphatic rings. The highest BCUT2D eigenvalue weighted by Crippen LogP contribution is 2.32. The van der Waals surface area contributed by atoms with Crippen LogP contribution >= 0.6 is 23.2 Å². The van der Waals surface area contributed by atoms with Crippen molar-refractivity contribution in [3.63, 3.8) is 0 Å². The second-order valence-electron chi connectivity index (χ2n) is 7.01. The number of nitrogens with zero attached hydrogens (tertiary/aromatic N) is 1. The summed E-state index contributed by atoms with van der Waals surface area (Å²) < 4.78 is 24.6. The van der Waals surface area contributed by atoms with Gasteiger partial charge in [-0.1, -0.05) is 59.6 Å². The van der Waals surface area contributed by atoms with Crippen LogP contribution in [0.3, 0.4) is 0 Å². The van der Waals surface area contributed by atoms with Gasteiger partial charge in [-0.2, -0.15) is 0 Å². The van der Waals surface area contributed by atoms with Crippen molar-refractivity contribution in [1.82, 2.24) is 5.32 Å². The lowest BCUT2D eigenvalue weighted by Gasteiger charge is -2.11. The van der Waals surface area contributed by atoms with E-state index >= 15 is 0 Å². The number of hydrogen-bond donors (Lipinski definition) is 2. The van der Waals surface area contributed by atoms with Gasteiger partial charge in [-0.3, -0.25) is 9.79 Å². The third-order valence-electron chi connectivity index (χ3n) is 4.71. The monoisotopic (exact) mass is 466 g/mol. The first-order valence-corrected chi connectivity index (χ1v) is 11.8. The second kappa shape index (κ2) is 9.20.